The maximum absolute atomic E-state index is 10.6. The second-order valence-electron chi connectivity index (χ2n) is 3.14. The summed E-state index contributed by atoms with van der Waals surface area (Å²) in [7, 11) is 0. The summed E-state index contributed by atoms with van der Waals surface area (Å²) in [5.41, 5.74) is -0.505. The van der Waals surface area contributed by atoms with Crippen molar-refractivity contribution in [3.8, 4) is 0 Å². The molecule has 0 aromatic rings. The van der Waals surface area contributed by atoms with Gasteiger partial charge in [-0.25, -0.2) is 0 Å². The Labute approximate surface area is 66.4 Å². The Hall–Kier alpha value is -0.570. The molecule has 0 saturated heterocycles. The van der Waals surface area contributed by atoms with Crippen LogP contribution in [0.25, 0.3) is 0 Å². The summed E-state index contributed by atoms with van der Waals surface area (Å²) in [4.78, 5) is 10.6. The summed E-state index contributed by atoms with van der Waals surface area (Å²) < 4.78 is 5.19. The third-order valence-corrected chi connectivity index (χ3v) is 2.03. The third-order valence-electron chi connectivity index (χ3n) is 2.03. The SMILES string of the molecule is CCCOCC1(C(=O)O)CC1. The van der Waals surface area contributed by atoms with Crippen molar-refractivity contribution in [2.75, 3.05) is 13.2 Å². The molecule has 11 heavy (non-hydrogen) atoms. The van der Waals surface area contributed by atoms with Gasteiger partial charge in [-0.05, 0) is 19.3 Å². The number of rotatable bonds is 5. The standard InChI is InChI=1S/C8H14O3/c1-2-5-11-6-8(3-4-8)7(9)10/h2-6H2,1H3,(H,9,10). The smallest absolute Gasteiger partial charge is 0.311 e. The predicted octanol–water partition coefficient (Wildman–Crippen LogP) is 1.28. The van der Waals surface area contributed by atoms with Gasteiger partial charge in [-0.1, -0.05) is 6.92 Å². The van der Waals surface area contributed by atoms with Crippen molar-refractivity contribution in [3.05, 3.63) is 0 Å². The fraction of sp³-hybridized carbons (Fsp3) is 0.875. The van der Waals surface area contributed by atoms with Gasteiger partial charge in [-0.15, -0.1) is 0 Å². The van der Waals surface area contributed by atoms with E-state index in [4.69, 9.17) is 9.84 Å². The van der Waals surface area contributed by atoms with E-state index in [2.05, 4.69) is 0 Å². The van der Waals surface area contributed by atoms with Crippen LogP contribution in [0.2, 0.25) is 0 Å². The molecule has 0 bridgehead atoms. The van der Waals surface area contributed by atoms with Crippen LogP contribution in [0, 0.1) is 5.41 Å². The van der Waals surface area contributed by atoms with Crippen LogP contribution in [0.15, 0.2) is 0 Å². The Kier molecular flexibility index (Phi) is 2.49. The first-order valence-electron chi connectivity index (χ1n) is 4.02. The maximum Gasteiger partial charge on any atom is 0.311 e. The molecule has 0 aromatic heterocycles. The van der Waals surface area contributed by atoms with E-state index in [-0.39, 0.29) is 0 Å². The summed E-state index contributed by atoms with van der Waals surface area (Å²) in [6.45, 7) is 3.09. The van der Waals surface area contributed by atoms with Crippen LogP contribution in [-0.4, -0.2) is 24.3 Å². The molecule has 0 spiro atoms. The molecule has 1 aliphatic rings. The van der Waals surface area contributed by atoms with Gasteiger partial charge in [0, 0.05) is 6.61 Å². The van der Waals surface area contributed by atoms with Crippen molar-refractivity contribution in [1.29, 1.82) is 0 Å². The van der Waals surface area contributed by atoms with Gasteiger partial charge in [0.25, 0.3) is 0 Å². The fourth-order valence-corrected chi connectivity index (χ4v) is 0.983. The number of hydrogen-bond acceptors (Lipinski definition) is 2. The van der Waals surface area contributed by atoms with E-state index in [1.807, 2.05) is 6.92 Å². The minimum Gasteiger partial charge on any atom is -0.481 e. The molecule has 3 nitrogen and oxygen atoms in total. The van der Waals surface area contributed by atoms with Crippen LogP contribution >= 0.6 is 0 Å². The minimum atomic E-state index is -0.700. The number of aliphatic carboxylic acids is 1. The van der Waals surface area contributed by atoms with Crippen LogP contribution in [0.3, 0.4) is 0 Å². The number of ether oxygens (including phenoxy) is 1. The summed E-state index contributed by atoms with van der Waals surface area (Å²) >= 11 is 0. The van der Waals surface area contributed by atoms with Gasteiger partial charge in [-0.2, -0.15) is 0 Å². The topological polar surface area (TPSA) is 46.5 Å². The molecule has 0 aromatic carbocycles. The maximum atomic E-state index is 10.6. The zero-order chi connectivity index (χ0) is 8.32. The molecule has 0 atom stereocenters. The lowest BCUT2D eigenvalue weighted by Gasteiger charge is -2.08. The Balaban J connectivity index is 2.20. The van der Waals surface area contributed by atoms with Gasteiger partial charge in [0.2, 0.25) is 0 Å². The Morgan fingerprint density at radius 1 is 1.64 bits per heavy atom. The first kappa shape index (κ1) is 8.53. The van der Waals surface area contributed by atoms with Crippen molar-refractivity contribution >= 4 is 5.97 Å². The molecule has 0 aliphatic heterocycles. The molecule has 64 valence electrons. The normalized spacial score (nSPS) is 19.7. The average Bonchev–Trinajstić information content (AvgIpc) is 2.70. The lowest BCUT2D eigenvalue weighted by molar-refractivity contribution is -0.145. The van der Waals surface area contributed by atoms with Crippen molar-refractivity contribution in [2.45, 2.75) is 26.2 Å². The molecule has 1 fully saturated rings. The van der Waals surface area contributed by atoms with E-state index in [0.29, 0.717) is 13.2 Å². The molecule has 0 unspecified atom stereocenters. The molecule has 0 radical (unpaired) electrons. The summed E-state index contributed by atoms with van der Waals surface area (Å²) in [5.74, 6) is -0.700. The van der Waals surface area contributed by atoms with Crippen LogP contribution in [0.4, 0.5) is 0 Å². The molecule has 1 N–H and O–H groups in total. The first-order valence-corrected chi connectivity index (χ1v) is 4.02. The Bertz CT molecular complexity index is 149. The number of carbonyl (C=O) groups is 1. The Morgan fingerprint density at radius 3 is 2.64 bits per heavy atom. The van der Waals surface area contributed by atoms with Gasteiger partial charge in [-0.3, -0.25) is 4.79 Å². The predicted molar refractivity (Wildman–Crippen MR) is 40.4 cm³/mol. The van der Waals surface area contributed by atoms with Gasteiger partial charge in [0.15, 0.2) is 0 Å². The van der Waals surface area contributed by atoms with Crippen LogP contribution in [-0.2, 0) is 9.53 Å². The average molecular weight is 158 g/mol. The Morgan fingerprint density at radius 2 is 2.27 bits per heavy atom. The van der Waals surface area contributed by atoms with Crippen molar-refractivity contribution in [3.63, 3.8) is 0 Å². The van der Waals surface area contributed by atoms with Crippen molar-refractivity contribution in [1.82, 2.24) is 0 Å². The lowest BCUT2D eigenvalue weighted by Crippen LogP contribution is -2.21. The van der Waals surface area contributed by atoms with E-state index in [0.717, 1.165) is 19.3 Å². The molecular weight excluding hydrogens is 144 g/mol. The highest BCUT2D eigenvalue weighted by molar-refractivity contribution is 5.77. The number of hydrogen-bond donors (Lipinski definition) is 1. The van der Waals surface area contributed by atoms with E-state index in [1.165, 1.54) is 0 Å². The summed E-state index contributed by atoms with van der Waals surface area (Å²) in [5, 5.41) is 8.72. The molecule has 1 rings (SSSR count). The van der Waals surface area contributed by atoms with Gasteiger partial charge in [0.05, 0.1) is 12.0 Å². The highest BCUT2D eigenvalue weighted by Crippen LogP contribution is 2.45. The summed E-state index contributed by atoms with van der Waals surface area (Å²) in [6.07, 6.45) is 2.52. The molecule has 0 heterocycles. The highest BCUT2D eigenvalue weighted by atomic mass is 16.5. The highest BCUT2D eigenvalue weighted by Gasteiger charge is 2.50. The van der Waals surface area contributed by atoms with Gasteiger partial charge >= 0.3 is 5.97 Å². The molecule has 1 aliphatic carbocycles. The molecule has 3 heteroatoms. The quantitative estimate of drug-likeness (QED) is 0.613. The first-order chi connectivity index (χ1) is 5.21. The second-order valence-corrected chi connectivity index (χ2v) is 3.14. The van der Waals surface area contributed by atoms with E-state index < -0.39 is 11.4 Å². The van der Waals surface area contributed by atoms with Crippen molar-refractivity contribution < 1.29 is 14.6 Å². The largest absolute Gasteiger partial charge is 0.481 e. The van der Waals surface area contributed by atoms with Crippen LogP contribution < -0.4 is 0 Å². The van der Waals surface area contributed by atoms with Gasteiger partial charge < -0.3 is 9.84 Å². The zero-order valence-corrected chi connectivity index (χ0v) is 6.80. The molecule has 0 amide bonds. The van der Waals surface area contributed by atoms with E-state index in [9.17, 15) is 4.79 Å². The van der Waals surface area contributed by atoms with E-state index in [1.54, 1.807) is 0 Å². The van der Waals surface area contributed by atoms with Crippen molar-refractivity contribution in [2.24, 2.45) is 5.41 Å². The number of carboxylic acids is 1. The zero-order valence-electron chi connectivity index (χ0n) is 6.80. The monoisotopic (exact) mass is 158 g/mol. The fourth-order valence-electron chi connectivity index (χ4n) is 0.983. The third kappa shape index (κ3) is 1.93. The molecule has 1 saturated carbocycles. The van der Waals surface area contributed by atoms with Gasteiger partial charge in [0.1, 0.15) is 0 Å². The molecular formula is C8H14O3. The number of carboxylic acid groups (broad SMARTS) is 1. The lowest BCUT2D eigenvalue weighted by atomic mass is 10.1. The minimum absolute atomic E-state index is 0.399. The summed E-state index contributed by atoms with van der Waals surface area (Å²) in [6, 6.07) is 0. The van der Waals surface area contributed by atoms with Crippen LogP contribution in [0.5, 0.6) is 0 Å². The second kappa shape index (κ2) is 3.22. The van der Waals surface area contributed by atoms with E-state index >= 15 is 0 Å². The van der Waals surface area contributed by atoms with Crippen LogP contribution in [0.1, 0.15) is 26.2 Å².